The highest BCUT2D eigenvalue weighted by molar-refractivity contribution is 6.33. The summed E-state index contributed by atoms with van der Waals surface area (Å²) in [6.07, 6.45) is 0. The minimum Gasteiger partial charge on any atom is -0.314 e. The van der Waals surface area contributed by atoms with Gasteiger partial charge in [0.25, 0.3) is 0 Å². The first-order valence-corrected chi connectivity index (χ1v) is 4.69. The molecule has 3 nitrogen and oxygen atoms in total. The Morgan fingerprint density at radius 3 is 2.50 bits per heavy atom. The summed E-state index contributed by atoms with van der Waals surface area (Å²) >= 11 is 6.06. The van der Waals surface area contributed by atoms with Crippen molar-refractivity contribution in [3.8, 4) is 11.4 Å². The molecule has 0 unspecified atom stereocenters. The molecule has 0 bridgehead atoms. The summed E-state index contributed by atoms with van der Waals surface area (Å²) in [7, 11) is 1.92. The zero-order valence-corrected chi connectivity index (χ0v) is 8.78. The van der Waals surface area contributed by atoms with Gasteiger partial charge < -0.3 is 4.57 Å². The van der Waals surface area contributed by atoms with Crippen molar-refractivity contribution in [2.75, 3.05) is 0 Å². The molecule has 0 aliphatic carbocycles. The molecule has 4 heteroatoms. The van der Waals surface area contributed by atoms with Crippen molar-refractivity contribution >= 4 is 11.6 Å². The van der Waals surface area contributed by atoms with Crippen LogP contribution in [0.4, 0.5) is 0 Å². The lowest BCUT2D eigenvalue weighted by atomic mass is 10.2. The fourth-order valence-electron chi connectivity index (χ4n) is 1.28. The van der Waals surface area contributed by atoms with Crippen LogP contribution in [0.1, 0.15) is 5.82 Å². The summed E-state index contributed by atoms with van der Waals surface area (Å²) in [6.45, 7) is 1.91. The maximum absolute atomic E-state index is 6.06. The molecule has 72 valence electrons. The summed E-state index contributed by atoms with van der Waals surface area (Å²) in [5.74, 6) is 1.67. The van der Waals surface area contributed by atoms with Crippen LogP contribution in [0.25, 0.3) is 11.4 Å². The van der Waals surface area contributed by atoms with Crippen LogP contribution in [0.3, 0.4) is 0 Å². The summed E-state index contributed by atoms with van der Waals surface area (Å²) in [6, 6.07) is 7.62. The average molecular weight is 208 g/mol. The van der Waals surface area contributed by atoms with Crippen molar-refractivity contribution in [3.05, 3.63) is 35.1 Å². The normalized spacial score (nSPS) is 10.5. The standard InChI is InChI=1S/C10H10ClN3/c1-7-12-13-10(14(7)2)8-5-3-4-6-9(8)11/h3-6H,1-2H3. The molecule has 0 spiro atoms. The zero-order valence-electron chi connectivity index (χ0n) is 8.03. The van der Waals surface area contributed by atoms with Crippen LogP contribution in [0.2, 0.25) is 5.02 Å². The highest BCUT2D eigenvalue weighted by Crippen LogP contribution is 2.25. The molecule has 0 aliphatic heterocycles. The van der Waals surface area contributed by atoms with E-state index in [1.54, 1.807) is 0 Å². The quantitative estimate of drug-likeness (QED) is 0.719. The van der Waals surface area contributed by atoms with E-state index in [0.717, 1.165) is 17.2 Å². The largest absolute Gasteiger partial charge is 0.314 e. The maximum atomic E-state index is 6.06. The van der Waals surface area contributed by atoms with Gasteiger partial charge in [0.1, 0.15) is 5.82 Å². The van der Waals surface area contributed by atoms with Crippen molar-refractivity contribution in [2.45, 2.75) is 6.92 Å². The summed E-state index contributed by atoms with van der Waals surface area (Å²) in [5, 5.41) is 8.76. The molecule has 1 aromatic carbocycles. The molecule has 0 amide bonds. The number of benzene rings is 1. The molecule has 0 aliphatic rings. The van der Waals surface area contributed by atoms with Gasteiger partial charge in [-0.15, -0.1) is 10.2 Å². The van der Waals surface area contributed by atoms with Gasteiger partial charge in [0.15, 0.2) is 5.82 Å². The van der Waals surface area contributed by atoms with Gasteiger partial charge >= 0.3 is 0 Å². The molecule has 1 heterocycles. The van der Waals surface area contributed by atoms with Crippen LogP contribution in [-0.4, -0.2) is 14.8 Å². The Bertz CT molecular complexity index is 462. The number of aryl methyl sites for hydroxylation is 1. The Balaban J connectivity index is 2.60. The molecule has 1 aromatic heterocycles. The number of hydrogen-bond acceptors (Lipinski definition) is 2. The zero-order chi connectivity index (χ0) is 10.1. The predicted molar refractivity (Wildman–Crippen MR) is 56.2 cm³/mol. The first-order valence-electron chi connectivity index (χ1n) is 4.31. The number of rotatable bonds is 1. The van der Waals surface area contributed by atoms with E-state index < -0.39 is 0 Å². The van der Waals surface area contributed by atoms with Gasteiger partial charge in [-0.1, -0.05) is 23.7 Å². The third kappa shape index (κ3) is 1.40. The molecule has 0 saturated heterocycles. The average Bonchev–Trinajstić information content (AvgIpc) is 2.49. The second-order valence-corrected chi connectivity index (χ2v) is 3.52. The van der Waals surface area contributed by atoms with E-state index in [4.69, 9.17) is 11.6 Å². The molecule has 0 radical (unpaired) electrons. The van der Waals surface area contributed by atoms with Crippen LogP contribution in [-0.2, 0) is 7.05 Å². The highest BCUT2D eigenvalue weighted by atomic mass is 35.5. The Morgan fingerprint density at radius 1 is 1.21 bits per heavy atom. The topological polar surface area (TPSA) is 30.7 Å². The molecule has 0 atom stereocenters. The lowest BCUT2D eigenvalue weighted by molar-refractivity contribution is 0.865. The van der Waals surface area contributed by atoms with Crippen molar-refractivity contribution in [2.24, 2.45) is 7.05 Å². The summed E-state index contributed by atoms with van der Waals surface area (Å²) in [4.78, 5) is 0. The van der Waals surface area contributed by atoms with E-state index in [9.17, 15) is 0 Å². The van der Waals surface area contributed by atoms with E-state index in [0.29, 0.717) is 5.02 Å². The van der Waals surface area contributed by atoms with E-state index in [1.807, 2.05) is 42.8 Å². The van der Waals surface area contributed by atoms with Crippen LogP contribution in [0.5, 0.6) is 0 Å². The van der Waals surface area contributed by atoms with E-state index >= 15 is 0 Å². The lowest BCUT2D eigenvalue weighted by Crippen LogP contribution is -1.95. The van der Waals surface area contributed by atoms with Gasteiger partial charge in [-0.2, -0.15) is 0 Å². The SMILES string of the molecule is Cc1nnc(-c2ccccc2Cl)n1C. The summed E-state index contributed by atoms with van der Waals surface area (Å²) < 4.78 is 1.92. The summed E-state index contributed by atoms with van der Waals surface area (Å²) in [5.41, 5.74) is 0.914. The number of aromatic nitrogens is 3. The minimum absolute atomic E-state index is 0.697. The smallest absolute Gasteiger partial charge is 0.165 e. The first-order chi connectivity index (χ1) is 6.70. The number of halogens is 1. The molecular formula is C10H10ClN3. The predicted octanol–water partition coefficient (Wildman–Crippen LogP) is 2.44. The van der Waals surface area contributed by atoms with Gasteiger partial charge in [0, 0.05) is 12.6 Å². The minimum atomic E-state index is 0.697. The number of hydrogen-bond donors (Lipinski definition) is 0. The van der Waals surface area contributed by atoms with Gasteiger partial charge in [0.05, 0.1) is 5.02 Å². The van der Waals surface area contributed by atoms with Crippen molar-refractivity contribution in [3.63, 3.8) is 0 Å². The monoisotopic (exact) mass is 207 g/mol. The van der Waals surface area contributed by atoms with E-state index in [2.05, 4.69) is 10.2 Å². The van der Waals surface area contributed by atoms with Crippen molar-refractivity contribution in [1.82, 2.24) is 14.8 Å². The third-order valence-corrected chi connectivity index (χ3v) is 2.54. The van der Waals surface area contributed by atoms with Crippen molar-refractivity contribution in [1.29, 1.82) is 0 Å². The Labute approximate surface area is 87.3 Å². The third-order valence-electron chi connectivity index (χ3n) is 2.21. The van der Waals surface area contributed by atoms with Crippen LogP contribution in [0.15, 0.2) is 24.3 Å². The van der Waals surface area contributed by atoms with Crippen LogP contribution >= 0.6 is 11.6 Å². The fraction of sp³-hybridized carbons (Fsp3) is 0.200. The molecule has 0 fully saturated rings. The number of nitrogens with zero attached hydrogens (tertiary/aromatic N) is 3. The van der Waals surface area contributed by atoms with Gasteiger partial charge in [0.2, 0.25) is 0 Å². The fourth-order valence-corrected chi connectivity index (χ4v) is 1.50. The second-order valence-electron chi connectivity index (χ2n) is 3.11. The second kappa shape index (κ2) is 3.42. The van der Waals surface area contributed by atoms with Crippen LogP contribution < -0.4 is 0 Å². The molecule has 2 aromatic rings. The van der Waals surface area contributed by atoms with Crippen LogP contribution in [0, 0.1) is 6.92 Å². The Hall–Kier alpha value is -1.35. The molecule has 0 saturated carbocycles. The Kier molecular flexibility index (Phi) is 2.25. The first kappa shape index (κ1) is 9.21. The van der Waals surface area contributed by atoms with Gasteiger partial charge in [-0.25, -0.2) is 0 Å². The van der Waals surface area contributed by atoms with E-state index in [1.165, 1.54) is 0 Å². The van der Waals surface area contributed by atoms with E-state index in [-0.39, 0.29) is 0 Å². The van der Waals surface area contributed by atoms with Crippen molar-refractivity contribution < 1.29 is 0 Å². The van der Waals surface area contributed by atoms with Gasteiger partial charge in [-0.05, 0) is 19.1 Å². The molecule has 2 rings (SSSR count). The van der Waals surface area contributed by atoms with Gasteiger partial charge in [-0.3, -0.25) is 0 Å². The maximum Gasteiger partial charge on any atom is 0.165 e. The molecular weight excluding hydrogens is 198 g/mol. The molecule has 14 heavy (non-hydrogen) atoms. The Morgan fingerprint density at radius 2 is 1.93 bits per heavy atom. The lowest BCUT2D eigenvalue weighted by Gasteiger charge is -2.02. The highest BCUT2D eigenvalue weighted by Gasteiger charge is 2.09. The molecule has 0 N–H and O–H groups in total.